The molecule has 1 N–H and O–H groups in total. The van der Waals surface area contributed by atoms with Gasteiger partial charge >= 0.3 is 6.18 Å². The summed E-state index contributed by atoms with van der Waals surface area (Å²) in [6, 6.07) is 3.67. The van der Waals surface area contributed by atoms with Crippen LogP contribution in [0, 0.1) is 17.0 Å². The molecule has 0 spiro atoms. The third-order valence-corrected chi connectivity index (χ3v) is 6.39. The SMILES string of the molecule is Cc1nc(N[C@H](C)c2cc([N+](=O)[O-])cc(C(F)(F)F)c2)c2cc(-c3cncnc3)c(N3CCCC3)nc2n1. The molecule has 0 aliphatic carbocycles. The van der Waals surface area contributed by atoms with Gasteiger partial charge in [0.15, 0.2) is 5.65 Å². The third-order valence-electron chi connectivity index (χ3n) is 6.39. The number of nitro benzene ring substituents is 1. The largest absolute Gasteiger partial charge is 0.416 e. The number of nitrogens with zero attached hydrogens (tertiary/aromatic N) is 7. The van der Waals surface area contributed by atoms with Gasteiger partial charge in [-0.15, -0.1) is 0 Å². The second-order valence-corrected chi connectivity index (χ2v) is 9.11. The molecule has 0 unspecified atom stereocenters. The van der Waals surface area contributed by atoms with Crippen molar-refractivity contribution in [2.75, 3.05) is 23.3 Å². The lowest BCUT2D eigenvalue weighted by Gasteiger charge is -2.22. The van der Waals surface area contributed by atoms with Crippen molar-refractivity contribution in [3.05, 3.63) is 70.1 Å². The number of fused-ring (bicyclic) bond motifs is 1. The molecule has 4 heterocycles. The summed E-state index contributed by atoms with van der Waals surface area (Å²) in [6.07, 6.45) is 2.15. The lowest BCUT2D eigenvalue weighted by molar-refractivity contribution is -0.385. The van der Waals surface area contributed by atoms with Crippen LogP contribution in [-0.2, 0) is 6.18 Å². The highest BCUT2D eigenvalue weighted by Gasteiger charge is 2.33. The molecule has 196 valence electrons. The number of anilines is 2. The number of alkyl halides is 3. The third kappa shape index (κ3) is 5.04. The smallest absolute Gasteiger partial charge is 0.363 e. The van der Waals surface area contributed by atoms with Crippen LogP contribution in [0.3, 0.4) is 0 Å². The predicted molar refractivity (Wildman–Crippen MR) is 135 cm³/mol. The van der Waals surface area contributed by atoms with Crippen LogP contribution in [0.2, 0.25) is 0 Å². The monoisotopic (exact) mass is 524 g/mol. The maximum atomic E-state index is 13.4. The lowest BCUT2D eigenvalue weighted by atomic mass is 10.0. The average molecular weight is 525 g/mol. The Bertz CT molecular complexity index is 1510. The normalized spacial score (nSPS) is 14.6. The van der Waals surface area contributed by atoms with Gasteiger partial charge in [-0.3, -0.25) is 10.1 Å². The van der Waals surface area contributed by atoms with Gasteiger partial charge in [-0.1, -0.05) is 0 Å². The highest BCUT2D eigenvalue weighted by atomic mass is 19.4. The van der Waals surface area contributed by atoms with E-state index in [0.29, 0.717) is 28.7 Å². The number of non-ortho nitro benzene ring substituents is 1. The van der Waals surface area contributed by atoms with E-state index in [9.17, 15) is 23.3 Å². The molecule has 13 heteroatoms. The quantitative estimate of drug-likeness (QED) is 0.258. The van der Waals surface area contributed by atoms with Crippen molar-refractivity contribution >= 4 is 28.4 Å². The number of rotatable bonds is 6. The number of hydrogen-bond acceptors (Lipinski definition) is 9. The fourth-order valence-electron chi connectivity index (χ4n) is 4.53. The topological polar surface area (TPSA) is 123 Å². The number of aromatic nitrogens is 5. The molecule has 3 aromatic heterocycles. The van der Waals surface area contributed by atoms with Crippen LogP contribution >= 0.6 is 0 Å². The zero-order valence-electron chi connectivity index (χ0n) is 20.5. The first-order chi connectivity index (χ1) is 18.1. The molecular weight excluding hydrogens is 501 g/mol. The number of halogens is 3. The fraction of sp³-hybridized carbons (Fsp3) is 0.320. The number of hydrogen-bond donors (Lipinski definition) is 1. The predicted octanol–water partition coefficient (Wildman–Crippen LogP) is 5.49. The number of aryl methyl sites for hydroxylation is 1. The van der Waals surface area contributed by atoms with Crippen molar-refractivity contribution in [2.45, 2.75) is 38.9 Å². The number of benzene rings is 1. The number of nitrogens with one attached hydrogen (secondary N) is 1. The van der Waals surface area contributed by atoms with E-state index in [1.807, 2.05) is 6.07 Å². The zero-order valence-corrected chi connectivity index (χ0v) is 20.5. The van der Waals surface area contributed by atoms with Gasteiger partial charge in [-0.05, 0) is 44.4 Å². The Kier molecular flexibility index (Phi) is 6.51. The summed E-state index contributed by atoms with van der Waals surface area (Å²) in [7, 11) is 0. The van der Waals surface area contributed by atoms with E-state index in [4.69, 9.17) is 4.98 Å². The highest BCUT2D eigenvalue weighted by Crippen LogP contribution is 2.37. The van der Waals surface area contributed by atoms with E-state index in [0.717, 1.165) is 55.0 Å². The van der Waals surface area contributed by atoms with Gasteiger partial charge in [0.05, 0.1) is 21.9 Å². The molecule has 5 rings (SSSR count). The van der Waals surface area contributed by atoms with Crippen LogP contribution in [0.5, 0.6) is 0 Å². The summed E-state index contributed by atoms with van der Waals surface area (Å²) in [5, 5.41) is 15.0. The first kappa shape index (κ1) is 25.2. The van der Waals surface area contributed by atoms with Gasteiger partial charge in [0.25, 0.3) is 5.69 Å². The van der Waals surface area contributed by atoms with Gasteiger partial charge in [0.1, 0.15) is 23.8 Å². The minimum atomic E-state index is -4.73. The Morgan fingerprint density at radius 1 is 1.05 bits per heavy atom. The van der Waals surface area contributed by atoms with Crippen LogP contribution in [-0.4, -0.2) is 42.9 Å². The van der Waals surface area contributed by atoms with E-state index >= 15 is 0 Å². The van der Waals surface area contributed by atoms with E-state index in [1.54, 1.807) is 26.2 Å². The van der Waals surface area contributed by atoms with Gasteiger partial charge in [0.2, 0.25) is 0 Å². The van der Waals surface area contributed by atoms with E-state index < -0.39 is 28.4 Å². The molecule has 0 bridgehead atoms. The average Bonchev–Trinajstić information content (AvgIpc) is 3.42. The molecule has 1 saturated heterocycles. The molecule has 1 aromatic carbocycles. The molecule has 1 fully saturated rings. The van der Waals surface area contributed by atoms with Gasteiger partial charge in [0, 0.05) is 48.7 Å². The van der Waals surface area contributed by atoms with Crippen molar-refractivity contribution < 1.29 is 18.1 Å². The van der Waals surface area contributed by atoms with E-state index in [2.05, 4.69) is 30.2 Å². The Hall–Kier alpha value is -4.42. The first-order valence-corrected chi connectivity index (χ1v) is 11.9. The summed E-state index contributed by atoms with van der Waals surface area (Å²) < 4.78 is 40.3. The summed E-state index contributed by atoms with van der Waals surface area (Å²) in [5.74, 6) is 1.51. The van der Waals surface area contributed by atoms with Crippen LogP contribution in [0.1, 0.15) is 42.8 Å². The van der Waals surface area contributed by atoms with Gasteiger partial charge in [-0.25, -0.2) is 24.9 Å². The van der Waals surface area contributed by atoms with Crippen LogP contribution in [0.15, 0.2) is 43.0 Å². The minimum absolute atomic E-state index is 0.0919. The second-order valence-electron chi connectivity index (χ2n) is 9.11. The standard InChI is InChI=1S/C25H23F3N8O2/c1-14(16-7-18(25(26,27)28)9-19(8-16)36(37)38)31-22-21-10-20(17-11-29-13-30-12-17)24(35-5-3-4-6-35)34-23(21)33-15(2)32-22/h7-14H,3-6H2,1-2H3,(H,31,32,33,34)/t14-/m1/s1. The van der Waals surface area contributed by atoms with E-state index in [1.165, 1.54) is 6.33 Å². The molecule has 1 aliphatic heterocycles. The molecule has 1 aliphatic rings. The van der Waals surface area contributed by atoms with Crippen molar-refractivity contribution in [1.29, 1.82) is 0 Å². The van der Waals surface area contributed by atoms with Crippen LogP contribution in [0.4, 0.5) is 30.5 Å². The Balaban J connectivity index is 1.61. The second kappa shape index (κ2) is 9.80. The Labute approximate surface area is 215 Å². The molecule has 4 aromatic rings. The molecule has 10 nitrogen and oxygen atoms in total. The minimum Gasteiger partial charge on any atom is -0.363 e. The molecule has 0 saturated carbocycles. The van der Waals surface area contributed by atoms with Crippen molar-refractivity contribution in [2.24, 2.45) is 0 Å². The van der Waals surface area contributed by atoms with Crippen LogP contribution < -0.4 is 10.2 Å². The molecule has 38 heavy (non-hydrogen) atoms. The lowest BCUT2D eigenvalue weighted by Crippen LogP contribution is -2.20. The molecule has 0 amide bonds. The van der Waals surface area contributed by atoms with Crippen LogP contribution in [0.25, 0.3) is 22.2 Å². The van der Waals surface area contributed by atoms with Crippen molar-refractivity contribution in [1.82, 2.24) is 24.9 Å². The zero-order chi connectivity index (χ0) is 27.0. The maximum absolute atomic E-state index is 13.4. The first-order valence-electron chi connectivity index (χ1n) is 11.9. The molecular formula is C25H23F3N8O2. The summed E-state index contributed by atoms with van der Waals surface area (Å²) >= 11 is 0. The summed E-state index contributed by atoms with van der Waals surface area (Å²) in [6.45, 7) is 5.00. The maximum Gasteiger partial charge on any atom is 0.416 e. The van der Waals surface area contributed by atoms with Gasteiger partial charge < -0.3 is 10.2 Å². The Morgan fingerprint density at radius 2 is 1.76 bits per heavy atom. The molecule has 0 radical (unpaired) electrons. The van der Waals surface area contributed by atoms with E-state index in [-0.39, 0.29) is 5.56 Å². The van der Waals surface area contributed by atoms with Gasteiger partial charge in [-0.2, -0.15) is 13.2 Å². The highest BCUT2D eigenvalue weighted by molar-refractivity contribution is 5.94. The summed E-state index contributed by atoms with van der Waals surface area (Å²) in [4.78, 5) is 34.8. The Morgan fingerprint density at radius 3 is 2.42 bits per heavy atom. The summed E-state index contributed by atoms with van der Waals surface area (Å²) in [5.41, 5.74) is 0.298. The molecule has 1 atom stereocenters. The van der Waals surface area contributed by atoms with Crippen molar-refractivity contribution in [3.63, 3.8) is 0 Å². The fourth-order valence-corrected chi connectivity index (χ4v) is 4.53. The number of pyridine rings is 1. The number of nitro groups is 1. The van der Waals surface area contributed by atoms with Crippen molar-refractivity contribution in [3.8, 4) is 11.1 Å².